The van der Waals surface area contributed by atoms with E-state index in [1.807, 2.05) is 6.07 Å². The Kier molecular flexibility index (Phi) is 7.75. The quantitative estimate of drug-likeness (QED) is 0.488. The molecule has 2 rings (SSSR count). The zero-order chi connectivity index (χ0) is 18.9. The third-order valence-corrected chi connectivity index (χ3v) is 4.18. The van der Waals surface area contributed by atoms with Crippen LogP contribution in [0.25, 0.3) is 0 Å². The van der Waals surface area contributed by atoms with Crippen LogP contribution >= 0.6 is 23.2 Å². The van der Waals surface area contributed by atoms with Gasteiger partial charge in [-0.05, 0) is 30.7 Å². The van der Waals surface area contributed by atoms with Crippen LogP contribution in [-0.2, 0) is 9.53 Å². The fraction of sp³-hybridized carbons (Fsp3) is 0.263. The van der Waals surface area contributed by atoms with Crippen molar-refractivity contribution in [1.82, 2.24) is 0 Å². The lowest BCUT2D eigenvalue weighted by molar-refractivity contribution is -0.119. The highest BCUT2D eigenvalue weighted by molar-refractivity contribution is 6.39. The second kappa shape index (κ2) is 10.0. The van der Waals surface area contributed by atoms with Crippen molar-refractivity contribution in [2.24, 2.45) is 0 Å². The normalized spacial score (nSPS) is 10.3. The molecule has 138 valence electrons. The summed E-state index contributed by atoms with van der Waals surface area (Å²) in [5.41, 5.74) is 1.35. The maximum Gasteiger partial charge on any atom is 0.340 e. The number of hydrogen-bond acceptors (Lipinski definition) is 4. The van der Waals surface area contributed by atoms with E-state index in [2.05, 4.69) is 17.6 Å². The van der Waals surface area contributed by atoms with Gasteiger partial charge in [-0.2, -0.15) is 0 Å². The molecule has 0 aliphatic rings. The number of esters is 1. The van der Waals surface area contributed by atoms with Gasteiger partial charge in [-0.25, -0.2) is 4.79 Å². The molecule has 2 aromatic rings. The van der Waals surface area contributed by atoms with Crippen LogP contribution < -0.4 is 10.6 Å². The third kappa shape index (κ3) is 5.64. The number of unbranched alkanes of at least 4 members (excludes halogenated alkanes) is 1. The number of ether oxygens (including phenoxy) is 1. The van der Waals surface area contributed by atoms with E-state index in [-0.39, 0.29) is 0 Å². The number of carbonyl (C=O) groups excluding carboxylic acids is 2. The van der Waals surface area contributed by atoms with Crippen molar-refractivity contribution in [3.63, 3.8) is 0 Å². The van der Waals surface area contributed by atoms with Crippen LogP contribution in [0.3, 0.4) is 0 Å². The lowest BCUT2D eigenvalue weighted by atomic mass is 10.1. The van der Waals surface area contributed by atoms with Crippen LogP contribution in [0.15, 0.2) is 42.5 Å². The molecule has 2 N–H and O–H groups in total. The minimum Gasteiger partial charge on any atom is -0.452 e. The van der Waals surface area contributed by atoms with Crippen molar-refractivity contribution in [2.75, 3.05) is 23.8 Å². The maximum atomic E-state index is 12.3. The molecular weight excluding hydrogens is 375 g/mol. The topological polar surface area (TPSA) is 67.4 Å². The summed E-state index contributed by atoms with van der Waals surface area (Å²) in [5.74, 6) is -1.10. The third-order valence-electron chi connectivity index (χ3n) is 3.55. The van der Waals surface area contributed by atoms with Crippen molar-refractivity contribution < 1.29 is 14.3 Å². The minimum absolute atomic E-state index is 0.290. The number of carbonyl (C=O) groups is 2. The lowest BCUT2D eigenvalue weighted by Crippen LogP contribution is -2.21. The Balaban J connectivity index is 1.95. The number of benzene rings is 2. The number of hydrogen-bond donors (Lipinski definition) is 2. The SMILES string of the molecule is CCCCNc1ccccc1C(=O)OCC(=O)Nc1c(Cl)cccc1Cl. The van der Waals surface area contributed by atoms with Gasteiger partial charge in [0, 0.05) is 12.2 Å². The molecule has 5 nitrogen and oxygen atoms in total. The number of rotatable bonds is 8. The Morgan fingerprint density at radius 2 is 1.73 bits per heavy atom. The minimum atomic E-state index is -0.579. The Morgan fingerprint density at radius 3 is 2.42 bits per heavy atom. The molecule has 0 saturated heterocycles. The molecule has 0 aromatic heterocycles. The summed E-state index contributed by atoms with van der Waals surface area (Å²) in [7, 11) is 0. The average molecular weight is 395 g/mol. The first-order valence-corrected chi connectivity index (χ1v) is 9.02. The number of nitrogens with one attached hydrogen (secondary N) is 2. The number of para-hydroxylation sites is 2. The van der Waals surface area contributed by atoms with Gasteiger partial charge in [0.2, 0.25) is 0 Å². The summed E-state index contributed by atoms with van der Waals surface area (Å²) in [6.07, 6.45) is 2.04. The largest absolute Gasteiger partial charge is 0.452 e. The van der Waals surface area contributed by atoms with Crippen LogP contribution in [0.1, 0.15) is 30.1 Å². The van der Waals surface area contributed by atoms with Crippen LogP contribution in [0.5, 0.6) is 0 Å². The van der Waals surface area contributed by atoms with Crippen LogP contribution in [0.4, 0.5) is 11.4 Å². The van der Waals surface area contributed by atoms with Crippen LogP contribution in [0.2, 0.25) is 10.0 Å². The van der Waals surface area contributed by atoms with Crippen molar-refractivity contribution in [2.45, 2.75) is 19.8 Å². The summed E-state index contributed by atoms with van der Waals surface area (Å²) >= 11 is 12.0. The van der Waals surface area contributed by atoms with E-state index in [4.69, 9.17) is 27.9 Å². The molecule has 0 aliphatic heterocycles. The van der Waals surface area contributed by atoms with Crippen molar-refractivity contribution in [3.05, 3.63) is 58.1 Å². The number of anilines is 2. The molecular formula is C19H20Cl2N2O3. The van der Waals surface area contributed by atoms with E-state index >= 15 is 0 Å². The van der Waals surface area contributed by atoms with E-state index in [9.17, 15) is 9.59 Å². The molecule has 0 atom stereocenters. The van der Waals surface area contributed by atoms with E-state index < -0.39 is 18.5 Å². The van der Waals surface area contributed by atoms with Crippen molar-refractivity contribution >= 4 is 46.5 Å². The first kappa shape index (κ1) is 20.1. The highest BCUT2D eigenvalue weighted by Crippen LogP contribution is 2.29. The van der Waals surface area contributed by atoms with Gasteiger partial charge in [0.1, 0.15) is 0 Å². The maximum absolute atomic E-state index is 12.3. The van der Waals surface area contributed by atoms with E-state index in [0.29, 0.717) is 27.0 Å². The summed E-state index contributed by atoms with van der Waals surface area (Å²) < 4.78 is 5.11. The van der Waals surface area contributed by atoms with Crippen molar-refractivity contribution in [1.29, 1.82) is 0 Å². The summed E-state index contributed by atoms with van der Waals surface area (Å²) in [5, 5.41) is 6.36. The zero-order valence-electron chi connectivity index (χ0n) is 14.4. The molecule has 0 heterocycles. The Bertz CT molecular complexity index is 761. The van der Waals surface area contributed by atoms with Gasteiger partial charge in [-0.1, -0.05) is 54.7 Å². The van der Waals surface area contributed by atoms with E-state index in [1.165, 1.54) is 0 Å². The molecule has 0 saturated carbocycles. The van der Waals surface area contributed by atoms with Gasteiger partial charge in [0.25, 0.3) is 5.91 Å². The second-order valence-corrected chi connectivity index (χ2v) is 6.36. The molecule has 0 bridgehead atoms. The summed E-state index contributed by atoms with van der Waals surface area (Å²) in [6.45, 7) is 2.40. The van der Waals surface area contributed by atoms with Crippen LogP contribution in [0, 0.1) is 0 Å². The fourth-order valence-electron chi connectivity index (χ4n) is 2.22. The van der Waals surface area contributed by atoms with E-state index in [0.717, 1.165) is 19.4 Å². The first-order chi connectivity index (χ1) is 12.5. The van der Waals surface area contributed by atoms with Gasteiger partial charge in [0.15, 0.2) is 6.61 Å². The Labute approximate surface area is 162 Å². The highest BCUT2D eigenvalue weighted by Gasteiger charge is 2.15. The second-order valence-electron chi connectivity index (χ2n) is 5.55. The van der Waals surface area contributed by atoms with Gasteiger partial charge >= 0.3 is 5.97 Å². The fourth-order valence-corrected chi connectivity index (χ4v) is 2.71. The van der Waals surface area contributed by atoms with Gasteiger partial charge in [-0.3, -0.25) is 4.79 Å². The average Bonchev–Trinajstić information content (AvgIpc) is 2.63. The van der Waals surface area contributed by atoms with Gasteiger partial charge in [0.05, 0.1) is 21.3 Å². The van der Waals surface area contributed by atoms with Crippen LogP contribution in [-0.4, -0.2) is 25.0 Å². The predicted molar refractivity (Wildman–Crippen MR) is 105 cm³/mol. The number of amides is 1. The smallest absolute Gasteiger partial charge is 0.340 e. The Hall–Kier alpha value is -2.24. The molecule has 0 fully saturated rings. The molecule has 26 heavy (non-hydrogen) atoms. The van der Waals surface area contributed by atoms with Crippen molar-refractivity contribution in [3.8, 4) is 0 Å². The molecule has 0 aliphatic carbocycles. The molecule has 7 heteroatoms. The van der Waals surface area contributed by atoms with Gasteiger partial charge in [-0.15, -0.1) is 0 Å². The Morgan fingerprint density at radius 1 is 1.04 bits per heavy atom. The zero-order valence-corrected chi connectivity index (χ0v) is 15.9. The standard InChI is InChI=1S/C19H20Cl2N2O3/c1-2-3-11-22-16-10-5-4-7-13(16)19(25)26-12-17(24)23-18-14(20)8-6-9-15(18)21/h4-10,22H,2-3,11-12H2,1H3,(H,23,24). The molecule has 1 amide bonds. The predicted octanol–water partition coefficient (Wildman–Crippen LogP) is 5.00. The lowest BCUT2D eigenvalue weighted by Gasteiger charge is -2.12. The molecule has 2 aromatic carbocycles. The highest BCUT2D eigenvalue weighted by atomic mass is 35.5. The molecule has 0 unspecified atom stereocenters. The summed E-state index contributed by atoms with van der Waals surface area (Å²) in [6, 6.07) is 11.9. The first-order valence-electron chi connectivity index (χ1n) is 8.26. The van der Waals surface area contributed by atoms with Gasteiger partial charge < -0.3 is 15.4 Å². The number of halogens is 2. The van der Waals surface area contributed by atoms with E-state index in [1.54, 1.807) is 36.4 Å². The summed E-state index contributed by atoms with van der Waals surface area (Å²) in [4.78, 5) is 24.3. The monoisotopic (exact) mass is 394 g/mol. The molecule has 0 spiro atoms. The molecule has 0 radical (unpaired) electrons.